The number of amides is 1. The van der Waals surface area contributed by atoms with Crippen molar-refractivity contribution in [3.8, 4) is 5.75 Å². The zero-order valence-electron chi connectivity index (χ0n) is 18.3. The molecule has 1 atom stereocenters. The van der Waals surface area contributed by atoms with Gasteiger partial charge in [-0.25, -0.2) is 0 Å². The molecule has 1 unspecified atom stereocenters. The zero-order valence-corrected chi connectivity index (χ0v) is 18.3. The molecule has 3 aromatic rings. The van der Waals surface area contributed by atoms with Gasteiger partial charge in [-0.1, -0.05) is 60.7 Å². The van der Waals surface area contributed by atoms with Gasteiger partial charge in [0.25, 0.3) is 11.7 Å². The number of Topliss-reactive ketones (excluding diaryl/α,β-unsaturated/α-hetero) is 1. The molecule has 0 aliphatic carbocycles. The van der Waals surface area contributed by atoms with Gasteiger partial charge in [0.2, 0.25) is 0 Å². The Morgan fingerprint density at radius 2 is 1.55 bits per heavy atom. The maximum absolute atomic E-state index is 12.9. The summed E-state index contributed by atoms with van der Waals surface area (Å²) in [6, 6.07) is 25.2. The van der Waals surface area contributed by atoms with Crippen molar-refractivity contribution in [1.82, 2.24) is 4.90 Å². The Bertz CT molecular complexity index is 1140. The molecule has 1 aliphatic heterocycles. The quantitative estimate of drug-likeness (QED) is 0.319. The second kappa shape index (κ2) is 10.1. The molecule has 6 heteroatoms. The lowest BCUT2D eigenvalue weighted by atomic mass is 9.95. The van der Waals surface area contributed by atoms with Crippen LogP contribution in [0.25, 0.3) is 5.76 Å². The molecule has 6 nitrogen and oxygen atoms in total. The number of ether oxygens (including phenoxy) is 2. The van der Waals surface area contributed by atoms with Crippen molar-refractivity contribution in [2.45, 2.75) is 12.6 Å². The molecule has 1 fully saturated rings. The monoisotopic (exact) mass is 443 g/mol. The van der Waals surface area contributed by atoms with Crippen molar-refractivity contribution in [2.75, 3.05) is 20.3 Å². The average Bonchev–Trinajstić information content (AvgIpc) is 3.12. The first-order valence-corrected chi connectivity index (χ1v) is 10.7. The minimum absolute atomic E-state index is 0.0697. The van der Waals surface area contributed by atoms with Crippen molar-refractivity contribution < 1.29 is 24.2 Å². The van der Waals surface area contributed by atoms with E-state index in [1.54, 1.807) is 24.3 Å². The molecule has 0 saturated carbocycles. The van der Waals surface area contributed by atoms with E-state index in [1.807, 2.05) is 60.7 Å². The highest BCUT2D eigenvalue weighted by Crippen LogP contribution is 2.39. The predicted octanol–water partition coefficient (Wildman–Crippen LogP) is 4.33. The summed E-state index contributed by atoms with van der Waals surface area (Å²) in [4.78, 5) is 27.1. The third-order valence-corrected chi connectivity index (χ3v) is 5.57. The molecule has 1 saturated heterocycles. The number of likely N-dealkylation sites (tertiary alicyclic amines) is 1. The Hall–Kier alpha value is -3.90. The first kappa shape index (κ1) is 22.3. The van der Waals surface area contributed by atoms with Gasteiger partial charge in [-0.2, -0.15) is 0 Å². The van der Waals surface area contributed by atoms with E-state index in [2.05, 4.69) is 0 Å². The molecule has 3 aromatic carbocycles. The molecule has 1 amide bonds. The SMILES string of the molecule is COCCN1C(=O)C(=O)/C(=C(/O)c2ccc(OCc3ccccc3)cc2)C1c1ccccc1. The number of aliphatic hydroxyl groups excluding tert-OH is 1. The normalized spacial score (nSPS) is 17.4. The first-order valence-electron chi connectivity index (χ1n) is 10.7. The van der Waals surface area contributed by atoms with E-state index < -0.39 is 17.7 Å². The summed E-state index contributed by atoms with van der Waals surface area (Å²) in [6.07, 6.45) is 0. The van der Waals surface area contributed by atoms with E-state index in [9.17, 15) is 14.7 Å². The van der Waals surface area contributed by atoms with Gasteiger partial charge in [-0.05, 0) is 35.4 Å². The predicted molar refractivity (Wildman–Crippen MR) is 125 cm³/mol. The van der Waals surface area contributed by atoms with Gasteiger partial charge in [0.15, 0.2) is 0 Å². The number of hydrogen-bond acceptors (Lipinski definition) is 5. The Balaban J connectivity index is 1.63. The summed E-state index contributed by atoms with van der Waals surface area (Å²) >= 11 is 0. The fraction of sp³-hybridized carbons (Fsp3) is 0.185. The van der Waals surface area contributed by atoms with E-state index in [0.29, 0.717) is 17.9 Å². The summed E-state index contributed by atoms with van der Waals surface area (Å²) in [5, 5.41) is 11.1. The topological polar surface area (TPSA) is 76.1 Å². The Morgan fingerprint density at radius 1 is 0.909 bits per heavy atom. The van der Waals surface area contributed by atoms with Crippen LogP contribution in [0.1, 0.15) is 22.7 Å². The van der Waals surface area contributed by atoms with E-state index in [4.69, 9.17) is 9.47 Å². The largest absolute Gasteiger partial charge is 0.507 e. The number of methoxy groups -OCH3 is 1. The number of nitrogens with zero attached hydrogens (tertiary/aromatic N) is 1. The summed E-state index contributed by atoms with van der Waals surface area (Å²) in [5.41, 5.74) is 2.30. The van der Waals surface area contributed by atoms with Crippen LogP contribution in [0, 0.1) is 0 Å². The minimum atomic E-state index is -0.707. The van der Waals surface area contributed by atoms with Gasteiger partial charge < -0.3 is 19.5 Å². The van der Waals surface area contributed by atoms with E-state index in [1.165, 1.54) is 12.0 Å². The first-order chi connectivity index (χ1) is 16.1. The third kappa shape index (κ3) is 4.81. The van der Waals surface area contributed by atoms with E-state index in [0.717, 1.165) is 11.1 Å². The van der Waals surface area contributed by atoms with Gasteiger partial charge in [0, 0.05) is 19.2 Å². The Labute approximate surface area is 192 Å². The van der Waals surface area contributed by atoms with Crippen LogP contribution in [0.5, 0.6) is 5.75 Å². The fourth-order valence-electron chi connectivity index (χ4n) is 3.89. The molecule has 168 valence electrons. The molecular weight excluding hydrogens is 418 g/mol. The molecule has 33 heavy (non-hydrogen) atoms. The summed E-state index contributed by atoms with van der Waals surface area (Å²) < 4.78 is 10.9. The maximum atomic E-state index is 12.9. The van der Waals surface area contributed by atoms with Crippen LogP contribution in [0.2, 0.25) is 0 Å². The molecule has 0 spiro atoms. The second-order valence-corrected chi connectivity index (χ2v) is 7.69. The van der Waals surface area contributed by atoms with Crippen LogP contribution >= 0.6 is 0 Å². The molecule has 4 rings (SSSR count). The van der Waals surface area contributed by atoms with Crippen molar-refractivity contribution in [1.29, 1.82) is 0 Å². The Kier molecular flexibility index (Phi) is 6.86. The van der Waals surface area contributed by atoms with E-state index in [-0.39, 0.29) is 24.5 Å². The Morgan fingerprint density at radius 3 is 2.18 bits per heavy atom. The van der Waals surface area contributed by atoms with Crippen LogP contribution in [0.4, 0.5) is 0 Å². The van der Waals surface area contributed by atoms with Crippen molar-refractivity contribution >= 4 is 17.4 Å². The highest BCUT2D eigenvalue weighted by Gasteiger charge is 2.45. The van der Waals surface area contributed by atoms with Gasteiger partial charge in [-0.15, -0.1) is 0 Å². The number of carbonyl (C=O) groups excluding carboxylic acids is 2. The van der Waals surface area contributed by atoms with Crippen molar-refractivity contribution in [3.05, 3.63) is 107 Å². The highest BCUT2D eigenvalue weighted by atomic mass is 16.5. The van der Waals surface area contributed by atoms with Gasteiger partial charge in [0.1, 0.15) is 18.1 Å². The smallest absolute Gasteiger partial charge is 0.295 e. The summed E-state index contributed by atoms with van der Waals surface area (Å²) in [6.45, 7) is 0.943. The zero-order chi connectivity index (χ0) is 23.2. The molecular formula is C27H25NO5. The minimum Gasteiger partial charge on any atom is -0.507 e. The van der Waals surface area contributed by atoms with Crippen LogP contribution in [0.15, 0.2) is 90.5 Å². The standard InChI is InChI=1S/C27H25NO5/c1-32-17-16-28-24(20-10-6-3-7-11-20)23(26(30)27(28)31)25(29)21-12-14-22(15-13-21)33-18-19-8-4-2-5-9-19/h2-15,24,29H,16-18H2,1H3/b25-23+. The van der Waals surface area contributed by atoms with Crippen LogP contribution < -0.4 is 4.74 Å². The molecule has 0 aromatic heterocycles. The highest BCUT2D eigenvalue weighted by molar-refractivity contribution is 6.46. The second-order valence-electron chi connectivity index (χ2n) is 7.69. The lowest BCUT2D eigenvalue weighted by Crippen LogP contribution is -2.32. The van der Waals surface area contributed by atoms with Crippen LogP contribution in [-0.4, -0.2) is 42.0 Å². The molecule has 0 radical (unpaired) electrons. The van der Waals surface area contributed by atoms with Crippen molar-refractivity contribution in [2.24, 2.45) is 0 Å². The van der Waals surface area contributed by atoms with Crippen LogP contribution in [-0.2, 0) is 20.9 Å². The molecule has 1 heterocycles. The summed E-state index contributed by atoms with van der Waals surface area (Å²) in [7, 11) is 1.54. The summed E-state index contributed by atoms with van der Waals surface area (Å²) in [5.74, 6) is -0.931. The van der Waals surface area contributed by atoms with Gasteiger partial charge in [0.05, 0.1) is 18.2 Å². The van der Waals surface area contributed by atoms with Gasteiger partial charge >= 0.3 is 0 Å². The number of ketones is 1. The number of hydrogen-bond donors (Lipinski definition) is 1. The number of carbonyl (C=O) groups is 2. The molecule has 1 N–H and O–H groups in total. The maximum Gasteiger partial charge on any atom is 0.295 e. The van der Waals surface area contributed by atoms with Crippen molar-refractivity contribution in [3.63, 3.8) is 0 Å². The lowest BCUT2D eigenvalue weighted by molar-refractivity contribution is -0.140. The lowest BCUT2D eigenvalue weighted by Gasteiger charge is -2.25. The average molecular weight is 443 g/mol. The fourth-order valence-corrected chi connectivity index (χ4v) is 3.89. The van der Waals surface area contributed by atoms with Crippen LogP contribution in [0.3, 0.4) is 0 Å². The van der Waals surface area contributed by atoms with Gasteiger partial charge in [-0.3, -0.25) is 9.59 Å². The van der Waals surface area contributed by atoms with E-state index >= 15 is 0 Å². The third-order valence-electron chi connectivity index (χ3n) is 5.57. The molecule has 1 aliphatic rings. The number of rotatable bonds is 8. The number of benzene rings is 3. The molecule has 0 bridgehead atoms. The number of aliphatic hydroxyl groups is 1.